The molecule has 0 spiro atoms. The van der Waals surface area contributed by atoms with Crippen LogP contribution in [0.25, 0.3) is 0 Å². The molecular formula is C10H10NO6S. The molecule has 1 aromatic rings. The number of ketones is 1. The van der Waals surface area contributed by atoms with Crippen molar-refractivity contribution in [3.05, 3.63) is 39.9 Å². The Morgan fingerprint density at radius 1 is 1.61 bits per heavy atom. The summed E-state index contributed by atoms with van der Waals surface area (Å²) < 4.78 is 30.9. The summed E-state index contributed by atoms with van der Waals surface area (Å²) in [5.41, 5.74) is -0.587. The van der Waals surface area contributed by atoms with Crippen molar-refractivity contribution < 1.29 is 22.7 Å². The second-order valence-electron chi connectivity index (χ2n) is 3.49. The Morgan fingerprint density at radius 3 is 2.67 bits per heavy atom. The molecule has 97 valence electrons. The number of benzene rings is 1. The van der Waals surface area contributed by atoms with Crippen molar-refractivity contribution in [3.63, 3.8) is 0 Å². The molecule has 0 aliphatic rings. The van der Waals surface area contributed by atoms with Gasteiger partial charge in [0.2, 0.25) is 0 Å². The molecule has 8 heteroatoms. The zero-order chi connectivity index (χ0) is 13.9. The minimum absolute atomic E-state index is 0.131. The highest BCUT2D eigenvalue weighted by atomic mass is 32.2. The van der Waals surface area contributed by atoms with E-state index in [-0.39, 0.29) is 17.7 Å². The average Bonchev–Trinajstić information content (AvgIpc) is 2.28. The highest BCUT2D eigenvalue weighted by molar-refractivity contribution is 7.87. The van der Waals surface area contributed by atoms with Gasteiger partial charge < -0.3 is 0 Å². The molecule has 1 N–H and O–H groups in total. The van der Waals surface area contributed by atoms with Gasteiger partial charge in [-0.25, -0.2) is 0 Å². The van der Waals surface area contributed by atoms with E-state index in [2.05, 4.69) is 6.07 Å². The fraction of sp³-hybridized carbons (Fsp3) is 0.300. The van der Waals surface area contributed by atoms with Crippen LogP contribution in [0.2, 0.25) is 0 Å². The van der Waals surface area contributed by atoms with Gasteiger partial charge in [0, 0.05) is 17.7 Å². The van der Waals surface area contributed by atoms with Gasteiger partial charge in [-0.2, -0.15) is 8.42 Å². The van der Waals surface area contributed by atoms with Gasteiger partial charge >= 0.3 is 0 Å². The highest BCUT2D eigenvalue weighted by Gasteiger charge is 2.30. The smallest absolute Gasteiger partial charge is 0.275 e. The molecule has 0 bridgehead atoms. The summed E-state index contributed by atoms with van der Waals surface area (Å²) >= 11 is 0. The van der Waals surface area contributed by atoms with E-state index >= 15 is 0 Å². The van der Waals surface area contributed by atoms with Crippen LogP contribution in [0.15, 0.2) is 18.2 Å². The summed E-state index contributed by atoms with van der Waals surface area (Å²) in [6.07, 6.45) is -0.131. The van der Waals surface area contributed by atoms with Crippen molar-refractivity contribution in [2.75, 3.05) is 0 Å². The molecular weight excluding hydrogens is 262 g/mol. The molecule has 0 aromatic heterocycles. The molecule has 0 aliphatic heterocycles. The van der Waals surface area contributed by atoms with Crippen LogP contribution < -0.4 is 0 Å². The number of carbonyl (C=O) groups is 1. The highest BCUT2D eigenvalue weighted by Crippen LogP contribution is 2.17. The lowest BCUT2D eigenvalue weighted by Gasteiger charge is -2.09. The zero-order valence-corrected chi connectivity index (χ0v) is 10.2. The minimum atomic E-state index is -4.53. The lowest BCUT2D eigenvalue weighted by molar-refractivity contribution is -0.384. The van der Waals surface area contributed by atoms with Crippen molar-refractivity contribution in [3.8, 4) is 0 Å². The predicted molar refractivity (Wildman–Crippen MR) is 61.9 cm³/mol. The molecule has 7 nitrogen and oxygen atoms in total. The Morgan fingerprint density at radius 2 is 2.22 bits per heavy atom. The Kier molecular flexibility index (Phi) is 4.15. The topological polar surface area (TPSA) is 115 Å². The number of Topliss-reactive ketones (excluding diaryl/α,β-unsaturated/α-hetero) is 1. The van der Waals surface area contributed by atoms with Crippen LogP contribution in [0.5, 0.6) is 0 Å². The van der Waals surface area contributed by atoms with Gasteiger partial charge in [0.25, 0.3) is 15.8 Å². The molecule has 0 fully saturated rings. The minimum Gasteiger partial charge on any atom is -0.293 e. The summed E-state index contributed by atoms with van der Waals surface area (Å²) in [6.45, 7) is 1.41. The lowest BCUT2D eigenvalue weighted by Crippen LogP contribution is -2.29. The van der Waals surface area contributed by atoms with E-state index in [1.807, 2.05) is 0 Å². The number of hydrogen-bond acceptors (Lipinski definition) is 5. The second kappa shape index (κ2) is 5.23. The quantitative estimate of drug-likeness (QED) is 0.373. The van der Waals surface area contributed by atoms with Crippen molar-refractivity contribution in [2.24, 2.45) is 0 Å². The van der Waals surface area contributed by atoms with Crippen molar-refractivity contribution in [1.82, 2.24) is 0 Å². The fourth-order valence-corrected chi connectivity index (χ4v) is 2.23. The Balaban J connectivity index is 3.18. The Hall–Kier alpha value is -1.80. The van der Waals surface area contributed by atoms with E-state index in [4.69, 9.17) is 4.55 Å². The summed E-state index contributed by atoms with van der Waals surface area (Å²) in [6, 6.07) is 5.63. The molecule has 0 saturated heterocycles. The summed E-state index contributed by atoms with van der Waals surface area (Å²) in [4.78, 5) is 21.6. The maximum atomic E-state index is 11.8. The zero-order valence-electron chi connectivity index (χ0n) is 9.36. The predicted octanol–water partition coefficient (Wildman–Crippen LogP) is 1.24. The van der Waals surface area contributed by atoms with Crippen molar-refractivity contribution in [2.45, 2.75) is 18.6 Å². The van der Waals surface area contributed by atoms with Crippen LogP contribution in [-0.2, 0) is 10.1 Å². The van der Waals surface area contributed by atoms with E-state index < -0.39 is 26.1 Å². The van der Waals surface area contributed by atoms with Crippen LogP contribution in [-0.4, -0.2) is 28.9 Å². The maximum Gasteiger partial charge on any atom is 0.275 e. The van der Waals surface area contributed by atoms with Crippen LogP contribution >= 0.6 is 0 Å². The van der Waals surface area contributed by atoms with Gasteiger partial charge in [-0.1, -0.05) is 6.92 Å². The molecule has 1 rings (SSSR count). The number of nitro groups is 1. The van der Waals surface area contributed by atoms with E-state index in [0.29, 0.717) is 0 Å². The molecule has 18 heavy (non-hydrogen) atoms. The van der Waals surface area contributed by atoms with E-state index in [1.54, 1.807) is 0 Å². The monoisotopic (exact) mass is 272 g/mol. The first-order chi connectivity index (χ1) is 8.27. The van der Waals surface area contributed by atoms with Gasteiger partial charge in [0.1, 0.15) is 5.25 Å². The molecule has 1 unspecified atom stereocenters. The largest absolute Gasteiger partial charge is 0.293 e. The summed E-state index contributed by atoms with van der Waals surface area (Å²) in [5.74, 6) is -0.913. The van der Waals surface area contributed by atoms with Crippen LogP contribution in [0, 0.1) is 16.2 Å². The van der Waals surface area contributed by atoms with Crippen LogP contribution in [0.4, 0.5) is 5.69 Å². The standard InChI is InChI=1S/C10H10NO6S/c1-2-9(18(15,16)17)10(12)7-4-3-5-8(6-7)11(13)14/h3,5-6,9H,2H2,1H3,(H,15,16,17). The number of hydrogen-bond donors (Lipinski definition) is 1. The third kappa shape index (κ3) is 3.11. The number of nitrogens with zero attached hydrogens (tertiary/aromatic N) is 1. The summed E-state index contributed by atoms with van der Waals surface area (Å²) in [5, 5.41) is 8.90. The molecule has 1 radical (unpaired) electrons. The van der Waals surface area contributed by atoms with Crippen molar-refractivity contribution in [1.29, 1.82) is 0 Å². The number of rotatable bonds is 5. The molecule has 0 amide bonds. The Bertz CT molecular complexity index is 580. The van der Waals surface area contributed by atoms with Gasteiger partial charge in [0.15, 0.2) is 5.78 Å². The van der Waals surface area contributed by atoms with Gasteiger partial charge in [-0.15, -0.1) is 0 Å². The molecule has 0 heterocycles. The molecule has 1 aromatic carbocycles. The Labute approximate surface area is 103 Å². The molecule has 0 aliphatic carbocycles. The first kappa shape index (κ1) is 14.3. The van der Waals surface area contributed by atoms with Crippen molar-refractivity contribution >= 4 is 21.6 Å². The van der Waals surface area contributed by atoms with E-state index in [9.17, 15) is 23.3 Å². The van der Waals surface area contributed by atoms with E-state index in [1.165, 1.54) is 6.92 Å². The van der Waals surface area contributed by atoms with E-state index in [0.717, 1.165) is 18.2 Å². The van der Waals surface area contributed by atoms with Crippen LogP contribution in [0.3, 0.4) is 0 Å². The first-order valence-electron chi connectivity index (χ1n) is 4.94. The van der Waals surface area contributed by atoms with Gasteiger partial charge in [-0.3, -0.25) is 19.5 Å². The average molecular weight is 272 g/mol. The normalized spacial score (nSPS) is 13.0. The number of nitro benzene ring substituents is 1. The number of non-ortho nitro benzene ring substituents is 1. The third-order valence-electron chi connectivity index (χ3n) is 2.28. The second-order valence-corrected chi connectivity index (χ2v) is 5.09. The van der Waals surface area contributed by atoms with Gasteiger partial charge in [-0.05, 0) is 18.6 Å². The summed E-state index contributed by atoms with van der Waals surface area (Å²) in [7, 11) is -4.53. The number of carbonyl (C=O) groups excluding carboxylic acids is 1. The first-order valence-corrected chi connectivity index (χ1v) is 6.44. The maximum absolute atomic E-state index is 11.8. The SMILES string of the molecule is CCC(C(=O)c1[c]ccc([N+](=O)[O-])c1)S(=O)(=O)O. The molecule has 1 atom stereocenters. The van der Waals surface area contributed by atoms with Crippen LogP contribution in [0.1, 0.15) is 23.7 Å². The molecule has 0 saturated carbocycles. The van der Waals surface area contributed by atoms with Gasteiger partial charge in [0.05, 0.1) is 4.92 Å². The fourth-order valence-electron chi connectivity index (χ4n) is 1.42. The third-order valence-corrected chi connectivity index (χ3v) is 3.55. The lowest BCUT2D eigenvalue weighted by atomic mass is 10.1.